The summed E-state index contributed by atoms with van der Waals surface area (Å²) in [5, 5.41) is 14.0. The van der Waals surface area contributed by atoms with E-state index in [9.17, 15) is 4.79 Å². The second-order valence-electron chi connectivity index (χ2n) is 4.72. The highest BCUT2D eigenvalue weighted by Crippen LogP contribution is 2.16. The second kappa shape index (κ2) is 6.66. The van der Waals surface area contributed by atoms with Crippen molar-refractivity contribution in [2.45, 2.75) is 12.5 Å². The lowest BCUT2D eigenvalue weighted by Gasteiger charge is -2.16. The summed E-state index contributed by atoms with van der Waals surface area (Å²) in [6.45, 7) is 0.484. The molecular weight excluding hydrogens is 282 g/mol. The minimum Gasteiger partial charge on any atom is -0.469 e. The van der Waals surface area contributed by atoms with Gasteiger partial charge in [-0.2, -0.15) is 0 Å². The maximum atomic E-state index is 12.5. The molecule has 3 aromatic rings. The van der Waals surface area contributed by atoms with Gasteiger partial charge >= 0.3 is 0 Å². The molecule has 2 aromatic heterocycles. The van der Waals surface area contributed by atoms with E-state index < -0.39 is 6.04 Å². The third-order valence-corrected chi connectivity index (χ3v) is 3.24. The molecule has 7 nitrogen and oxygen atoms in total. The van der Waals surface area contributed by atoms with Gasteiger partial charge in [-0.05, 0) is 28.1 Å². The molecule has 1 N–H and O–H groups in total. The zero-order valence-corrected chi connectivity index (χ0v) is 11.8. The molecule has 0 radical (unpaired) electrons. The summed E-state index contributed by atoms with van der Waals surface area (Å²) in [6.07, 6.45) is 3.69. The number of amides is 1. The van der Waals surface area contributed by atoms with Crippen LogP contribution in [0.3, 0.4) is 0 Å². The van der Waals surface area contributed by atoms with Crippen LogP contribution in [0.5, 0.6) is 0 Å². The molecule has 2 heterocycles. The second-order valence-corrected chi connectivity index (χ2v) is 4.72. The van der Waals surface area contributed by atoms with Crippen LogP contribution < -0.4 is 5.32 Å². The fourth-order valence-electron chi connectivity index (χ4n) is 2.21. The van der Waals surface area contributed by atoms with Gasteiger partial charge in [-0.25, -0.2) is 4.68 Å². The lowest BCUT2D eigenvalue weighted by molar-refractivity contribution is -0.123. The zero-order chi connectivity index (χ0) is 15.2. The van der Waals surface area contributed by atoms with Crippen LogP contribution in [-0.4, -0.2) is 32.7 Å². The highest BCUT2D eigenvalue weighted by atomic mass is 16.3. The first-order valence-electron chi connectivity index (χ1n) is 6.92. The highest BCUT2D eigenvalue weighted by Gasteiger charge is 2.23. The van der Waals surface area contributed by atoms with Crippen molar-refractivity contribution in [2.24, 2.45) is 0 Å². The molecule has 1 unspecified atom stereocenters. The third-order valence-electron chi connectivity index (χ3n) is 3.24. The van der Waals surface area contributed by atoms with Gasteiger partial charge in [-0.1, -0.05) is 30.3 Å². The van der Waals surface area contributed by atoms with Gasteiger partial charge in [-0.15, -0.1) is 5.10 Å². The Morgan fingerprint density at radius 2 is 2.09 bits per heavy atom. The third kappa shape index (κ3) is 3.20. The van der Waals surface area contributed by atoms with Crippen LogP contribution in [0, 0.1) is 0 Å². The van der Waals surface area contributed by atoms with Gasteiger partial charge in [-0.3, -0.25) is 4.79 Å². The van der Waals surface area contributed by atoms with Gasteiger partial charge in [0, 0.05) is 13.0 Å². The van der Waals surface area contributed by atoms with Gasteiger partial charge in [0.15, 0.2) is 6.04 Å². The number of hydrogen-bond acceptors (Lipinski definition) is 5. The SMILES string of the molecule is O=C(NCCc1ccco1)C(c1ccccc1)n1cnnn1. The average Bonchev–Trinajstić information content (AvgIpc) is 3.22. The van der Waals surface area contributed by atoms with Crippen molar-refractivity contribution in [3.8, 4) is 0 Å². The van der Waals surface area contributed by atoms with E-state index in [1.807, 2.05) is 42.5 Å². The van der Waals surface area contributed by atoms with Crippen LogP contribution >= 0.6 is 0 Å². The summed E-state index contributed by atoms with van der Waals surface area (Å²) in [5.74, 6) is 0.670. The van der Waals surface area contributed by atoms with E-state index >= 15 is 0 Å². The van der Waals surface area contributed by atoms with Crippen LogP contribution in [0.1, 0.15) is 17.4 Å². The monoisotopic (exact) mass is 297 g/mol. The van der Waals surface area contributed by atoms with Gasteiger partial charge < -0.3 is 9.73 Å². The Morgan fingerprint density at radius 3 is 2.77 bits per heavy atom. The molecule has 0 saturated heterocycles. The summed E-state index contributed by atoms with van der Waals surface area (Å²) in [5.41, 5.74) is 0.824. The molecule has 112 valence electrons. The molecule has 0 fully saturated rings. The quantitative estimate of drug-likeness (QED) is 0.739. The van der Waals surface area contributed by atoms with Crippen LogP contribution in [0.2, 0.25) is 0 Å². The van der Waals surface area contributed by atoms with E-state index in [0.717, 1.165) is 11.3 Å². The maximum absolute atomic E-state index is 12.5. The van der Waals surface area contributed by atoms with E-state index in [1.165, 1.54) is 11.0 Å². The normalized spacial score (nSPS) is 12.0. The Bertz CT molecular complexity index is 695. The summed E-state index contributed by atoms with van der Waals surface area (Å²) in [7, 11) is 0. The number of nitrogens with zero attached hydrogens (tertiary/aromatic N) is 4. The largest absolute Gasteiger partial charge is 0.469 e. The number of nitrogens with one attached hydrogen (secondary N) is 1. The first-order chi connectivity index (χ1) is 10.8. The number of furan rings is 1. The Morgan fingerprint density at radius 1 is 1.23 bits per heavy atom. The number of tetrazole rings is 1. The number of benzene rings is 1. The molecule has 1 aromatic carbocycles. The standard InChI is InChI=1S/C15H15N5O2/c21-15(16-9-8-13-7-4-10-22-13)14(20-11-17-18-19-20)12-5-2-1-3-6-12/h1-7,10-11,14H,8-9H2,(H,16,21). The minimum absolute atomic E-state index is 0.162. The van der Waals surface area contributed by atoms with Gasteiger partial charge in [0.25, 0.3) is 0 Å². The lowest BCUT2D eigenvalue weighted by Crippen LogP contribution is -2.34. The molecule has 22 heavy (non-hydrogen) atoms. The molecule has 3 rings (SSSR count). The van der Waals surface area contributed by atoms with Crippen LogP contribution in [0.25, 0.3) is 0 Å². The number of hydrogen-bond donors (Lipinski definition) is 1. The molecule has 0 saturated carbocycles. The Balaban J connectivity index is 1.70. The molecule has 0 aliphatic carbocycles. The van der Waals surface area contributed by atoms with E-state index in [1.54, 1.807) is 6.26 Å². The predicted octanol–water partition coefficient (Wildman–Crippen LogP) is 1.21. The first-order valence-corrected chi connectivity index (χ1v) is 6.92. The van der Waals surface area contributed by atoms with E-state index in [2.05, 4.69) is 20.8 Å². The summed E-state index contributed by atoms with van der Waals surface area (Å²) >= 11 is 0. The molecule has 0 aliphatic rings. The molecular formula is C15H15N5O2. The maximum Gasteiger partial charge on any atom is 0.249 e. The van der Waals surface area contributed by atoms with Crippen molar-refractivity contribution >= 4 is 5.91 Å². The van der Waals surface area contributed by atoms with E-state index in [0.29, 0.717) is 13.0 Å². The lowest BCUT2D eigenvalue weighted by atomic mass is 10.1. The highest BCUT2D eigenvalue weighted by molar-refractivity contribution is 5.83. The molecule has 7 heteroatoms. The van der Waals surface area contributed by atoms with E-state index in [4.69, 9.17) is 4.42 Å². The number of carbonyl (C=O) groups excluding carboxylic acids is 1. The number of aromatic nitrogens is 4. The number of rotatable bonds is 6. The Hall–Kier alpha value is -2.96. The topological polar surface area (TPSA) is 85.8 Å². The summed E-state index contributed by atoms with van der Waals surface area (Å²) in [4.78, 5) is 12.5. The molecule has 0 bridgehead atoms. The molecule has 1 amide bonds. The van der Waals surface area contributed by atoms with Gasteiger partial charge in [0.1, 0.15) is 12.1 Å². The zero-order valence-electron chi connectivity index (χ0n) is 11.8. The fourth-order valence-corrected chi connectivity index (χ4v) is 2.21. The summed E-state index contributed by atoms with van der Waals surface area (Å²) in [6, 6.07) is 12.5. The summed E-state index contributed by atoms with van der Waals surface area (Å²) < 4.78 is 6.69. The van der Waals surface area contributed by atoms with Gasteiger partial charge in [0.2, 0.25) is 5.91 Å². The van der Waals surface area contributed by atoms with Crippen molar-refractivity contribution in [1.82, 2.24) is 25.5 Å². The van der Waals surface area contributed by atoms with Crippen molar-refractivity contribution in [1.29, 1.82) is 0 Å². The van der Waals surface area contributed by atoms with E-state index in [-0.39, 0.29) is 5.91 Å². The van der Waals surface area contributed by atoms with Crippen LogP contribution in [0.4, 0.5) is 0 Å². The molecule has 0 aliphatic heterocycles. The molecule has 1 atom stereocenters. The van der Waals surface area contributed by atoms with Crippen molar-refractivity contribution < 1.29 is 9.21 Å². The van der Waals surface area contributed by atoms with Crippen LogP contribution in [0.15, 0.2) is 59.5 Å². The van der Waals surface area contributed by atoms with Crippen molar-refractivity contribution in [3.63, 3.8) is 0 Å². The Kier molecular flexibility index (Phi) is 4.24. The van der Waals surface area contributed by atoms with Crippen molar-refractivity contribution in [2.75, 3.05) is 6.54 Å². The number of carbonyl (C=O) groups is 1. The van der Waals surface area contributed by atoms with Gasteiger partial charge in [0.05, 0.1) is 6.26 Å². The molecule has 0 spiro atoms. The minimum atomic E-state index is -0.590. The smallest absolute Gasteiger partial charge is 0.249 e. The predicted molar refractivity (Wildman–Crippen MR) is 77.8 cm³/mol. The van der Waals surface area contributed by atoms with Crippen LogP contribution in [-0.2, 0) is 11.2 Å². The fraction of sp³-hybridized carbons (Fsp3) is 0.200. The van der Waals surface area contributed by atoms with Crippen molar-refractivity contribution in [3.05, 3.63) is 66.4 Å². The average molecular weight is 297 g/mol. The first kappa shape index (κ1) is 14.0. The Labute approximate surface area is 126 Å².